The van der Waals surface area contributed by atoms with Gasteiger partial charge in [0.25, 0.3) is 0 Å². The van der Waals surface area contributed by atoms with Crippen molar-refractivity contribution >= 4 is 22.6 Å². The number of nitrogens with zero attached hydrogens (tertiary/aromatic N) is 2. The summed E-state index contributed by atoms with van der Waals surface area (Å²) in [6.07, 6.45) is 5.54. The summed E-state index contributed by atoms with van der Waals surface area (Å²) in [5.74, 6) is 3.32. The molecule has 0 bridgehead atoms. The zero-order valence-electron chi connectivity index (χ0n) is 10.3. The summed E-state index contributed by atoms with van der Waals surface area (Å²) >= 11 is 6.11. The summed E-state index contributed by atoms with van der Waals surface area (Å²) < 4.78 is 2.46. The minimum atomic E-state index is 0.518. The van der Waals surface area contributed by atoms with E-state index in [1.807, 2.05) is 0 Å². The van der Waals surface area contributed by atoms with Crippen molar-refractivity contribution in [3.63, 3.8) is 0 Å². The van der Waals surface area contributed by atoms with Crippen molar-refractivity contribution in [2.24, 2.45) is 11.8 Å². The van der Waals surface area contributed by atoms with Crippen LogP contribution in [0.2, 0.25) is 0 Å². The molecule has 0 saturated heterocycles. The van der Waals surface area contributed by atoms with E-state index in [-0.39, 0.29) is 0 Å². The third kappa shape index (κ3) is 1.66. The van der Waals surface area contributed by atoms with Crippen LogP contribution in [0.25, 0.3) is 11.0 Å². The Labute approximate surface area is 112 Å². The van der Waals surface area contributed by atoms with Crippen LogP contribution in [-0.2, 0) is 5.88 Å². The van der Waals surface area contributed by atoms with Gasteiger partial charge in [-0.25, -0.2) is 4.98 Å². The fraction of sp³-hybridized carbons (Fsp3) is 0.533. The van der Waals surface area contributed by atoms with E-state index in [9.17, 15) is 0 Å². The van der Waals surface area contributed by atoms with Gasteiger partial charge in [0.05, 0.1) is 16.9 Å². The molecule has 0 unspecified atom stereocenters. The number of fused-ring (bicyclic) bond motifs is 1. The molecule has 3 heteroatoms. The van der Waals surface area contributed by atoms with Gasteiger partial charge >= 0.3 is 0 Å². The lowest BCUT2D eigenvalue weighted by atomic mass is 10.1. The van der Waals surface area contributed by atoms with Crippen LogP contribution in [0.15, 0.2) is 24.3 Å². The van der Waals surface area contributed by atoms with Crippen LogP contribution in [0.3, 0.4) is 0 Å². The number of benzene rings is 1. The Bertz CT molecular complexity index is 569. The van der Waals surface area contributed by atoms with Gasteiger partial charge in [-0.1, -0.05) is 12.1 Å². The number of alkyl halides is 1. The molecule has 2 aliphatic rings. The molecule has 18 heavy (non-hydrogen) atoms. The van der Waals surface area contributed by atoms with Gasteiger partial charge in [0, 0.05) is 6.04 Å². The van der Waals surface area contributed by atoms with Gasteiger partial charge in [0.15, 0.2) is 0 Å². The highest BCUT2D eigenvalue weighted by Gasteiger charge is 2.43. The number of para-hydroxylation sites is 2. The van der Waals surface area contributed by atoms with Gasteiger partial charge in [-0.05, 0) is 49.7 Å². The summed E-state index contributed by atoms with van der Waals surface area (Å²) in [6.45, 7) is 0. The summed E-state index contributed by atoms with van der Waals surface area (Å²) in [6, 6.07) is 9.11. The Balaban J connectivity index is 1.90. The molecular weight excluding hydrogens is 244 g/mol. The van der Waals surface area contributed by atoms with E-state index < -0.39 is 0 Å². The van der Waals surface area contributed by atoms with Crippen molar-refractivity contribution in [1.82, 2.24) is 9.55 Å². The van der Waals surface area contributed by atoms with Crippen LogP contribution in [0, 0.1) is 11.8 Å². The smallest absolute Gasteiger partial charge is 0.125 e. The van der Waals surface area contributed by atoms with E-state index in [4.69, 9.17) is 16.6 Å². The first-order valence-corrected chi connectivity index (χ1v) is 7.43. The lowest BCUT2D eigenvalue weighted by Crippen LogP contribution is -2.15. The third-order valence-corrected chi connectivity index (χ3v) is 4.54. The van der Waals surface area contributed by atoms with Gasteiger partial charge in [-0.2, -0.15) is 0 Å². The highest BCUT2D eigenvalue weighted by Crippen LogP contribution is 2.53. The fourth-order valence-corrected chi connectivity index (χ4v) is 3.39. The summed E-state index contributed by atoms with van der Waals surface area (Å²) in [4.78, 5) is 4.70. The lowest BCUT2D eigenvalue weighted by Gasteiger charge is -2.20. The van der Waals surface area contributed by atoms with E-state index >= 15 is 0 Å². The first-order chi connectivity index (χ1) is 8.88. The average Bonchev–Trinajstić information content (AvgIpc) is 3.28. The topological polar surface area (TPSA) is 17.8 Å². The Morgan fingerprint density at radius 1 is 1.17 bits per heavy atom. The minimum absolute atomic E-state index is 0.518. The highest BCUT2D eigenvalue weighted by molar-refractivity contribution is 6.16. The molecule has 0 N–H and O–H groups in total. The van der Waals surface area contributed by atoms with Crippen molar-refractivity contribution in [3.05, 3.63) is 30.1 Å². The number of rotatable bonds is 4. The molecule has 0 atom stereocenters. The number of hydrogen-bond acceptors (Lipinski definition) is 1. The lowest BCUT2D eigenvalue weighted by molar-refractivity contribution is 0.396. The second-order valence-electron chi connectivity index (χ2n) is 5.69. The van der Waals surface area contributed by atoms with Gasteiger partial charge in [0.2, 0.25) is 0 Å². The second kappa shape index (κ2) is 3.99. The molecular formula is C15H17ClN2. The van der Waals surface area contributed by atoms with Crippen LogP contribution >= 0.6 is 11.6 Å². The first kappa shape index (κ1) is 10.9. The maximum absolute atomic E-state index is 6.11. The van der Waals surface area contributed by atoms with E-state index in [1.165, 1.54) is 31.2 Å². The Morgan fingerprint density at radius 3 is 2.44 bits per heavy atom. The molecule has 2 nitrogen and oxygen atoms in total. The molecule has 2 saturated carbocycles. The molecule has 2 aromatic rings. The van der Waals surface area contributed by atoms with E-state index in [2.05, 4.69) is 28.8 Å². The molecule has 1 aromatic heterocycles. The van der Waals surface area contributed by atoms with Gasteiger partial charge < -0.3 is 4.57 Å². The molecule has 1 aromatic carbocycles. The van der Waals surface area contributed by atoms with E-state index in [0.717, 1.165) is 23.2 Å². The van der Waals surface area contributed by atoms with Crippen molar-refractivity contribution in [2.75, 3.05) is 0 Å². The molecule has 94 valence electrons. The third-order valence-electron chi connectivity index (χ3n) is 4.30. The van der Waals surface area contributed by atoms with Crippen molar-refractivity contribution in [1.29, 1.82) is 0 Å². The summed E-state index contributed by atoms with van der Waals surface area (Å²) in [5, 5.41) is 0. The normalized spacial score (nSPS) is 19.9. The molecule has 0 aliphatic heterocycles. The van der Waals surface area contributed by atoms with Crippen LogP contribution in [-0.4, -0.2) is 9.55 Å². The van der Waals surface area contributed by atoms with E-state index in [1.54, 1.807) is 0 Å². The maximum atomic E-state index is 6.11. The van der Waals surface area contributed by atoms with Gasteiger partial charge in [-0.15, -0.1) is 11.6 Å². The minimum Gasteiger partial charge on any atom is -0.323 e. The van der Waals surface area contributed by atoms with Crippen molar-refractivity contribution < 1.29 is 0 Å². The summed E-state index contributed by atoms with van der Waals surface area (Å²) in [5.41, 5.74) is 2.37. The zero-order valence-corrected chi connectivity index (χ0v) is 11.1. The van der Waals surface area contributed by atoms with Crippen molar-refractivity contribution in [2.45, 2.75) is 37.6 Å². The van der Waals surface area contributed by atoms with E-state index in [0.29, 0.717) is 11.9 Å². The van der Waals surface area contributed by atoms with Gasteiger partial charge in [-0.3, -0.25) is 0 Å². The Kier molecular flexibility index (Phi) is 2.41. The largest absolute Gasteiger partial charge is 0.323 e. The van der Waals surface area contributed by atoms with Crippen LogP contribution < -0.4 is 0 Å². The number of halogens is 1. The van der Waals surface area contributed by atoms with Crippen LogP contribution in [0.1, 0.15) is 37.5 Å². The second-order valence-corrected chi connectivity index (χ2v) is 5.95. The Morgan fingerprint density at radius 2 is 1.83 bits per heavy atom. The maximum Gasteiger partial charge on any atom is 0.125 e. The number of aromatic nitrogens is 2. The molecule has 4 rings (SSSR count). The predicted octanol–water partition coefficient (Wildman–Crippen LogP) is 4.14. The monoisotopic (exact) mass is 260 g/mol. The van der Waals surface area contributed by atoms with Crippen LogP contribution in [0.4, 0.5) is 0 Å². The quantitative estimate of drug-likeness (QED) is 0.756. The SMILES string of the molecule is ClCc1nc2ccccc2n1C(C1CC1)C1CC1. The molecule has 1 heterocycles. The van der Waals surface area contributed by atoms with Crippen LogP contribution in [0.5, 0.6) is 0 Å². The molecule has 0 spiro atoms. The predicted molar refractivity (Wildman–Crippen MR) is 73.8 cm³/mol. The molecule has 0 amide bonds. The first-order valence-electron chi connectivity index (χ1n) is 6.90. The molecule has 2 fully saturated rings. The number of hydrogen-bond donors (Lipinski definition) is 0. The standard InChI is InChI=1S/C15H17ClN2/c16-9-14-17-12-3-1-2-4-13(12)18(14)15(10-5-6-10)11-7-8-11/h1-4,10-11,15H,5-9H2. The molecule has 0 radical (unpaired) electrons. The highest BCUT2D eigenvalue weighted by atomic mass is 35.5. The summed E-state index contributed by atoms with van der Waals surface area (Å²) in [7, 11) is 0. The van der Waals surface area contributed by atoms with Gasteiger partial charge in [0.1, 0.15) is 5.82 Å². The van der Waals surface area contributed by atoms with Crippen molar-refractivity contribution in [3.8, 4) is 0 Å². The zero-order chi connectivity index (χ0) is 12.1. The fourth-order valence-electron chi connectivity index (χ4n) is 3.20. The number of imidazole rings is 1. The Hall–Kier alpha value is -1.02. The average molecular weight is 261 g/mol. The molecule has 2 aliphatic carbocycles.